The first kappa shape index (κ1) is 13.9. The van der Waals surface area contributed by atoms with E-state index in [4.69, 9.17) is 20.3 Å². The van der Waals surface area contributed by atoms with E-state index >= 15 is 0 Å². The van der Waals surface area contributed by atoms with Crippen LogP contribution in [0.25, 0.3) is 0 Å². The smallest absolute Gasteiger partial charge is 0.351 e. The van der Waals surface area contributed by atoms with Crippen molar-refractivity contribution in [1.29, 1.82) is 0 Å². The molecule has 1 aliphatic heterocycles. The van der Waals surface area contributed by atoms with Gasteiger partial charge in [-0.25, -0.2) is 9.18 Å². The maximum atomic E-state index is 13.4. The Morgan fingerprint density at radius 3 is 2.95 bits per heavy atom. The first-order chi connectivity index (χ1) is 8.99. The van der Waals surface area contributed by atoms with Crippen LogP contribution in [0.2, 0.25) is 0 Å². The zero-order valence-corrected chi connectivity index (χ0v) is 10.1. The number of halogens is 1. The number of nitrogen functional groups attached to an aromatic ring is 1. The van der Waals surface area contributed by atoms with Crippen molar-refractivity contribution in [2.24, 2.45) is 0 Å². The molecule has 1 saturated heterocycles. The fourth-order valence-corrected chi connectivity index (χ4v) is 1.99. The molecular weight excluding hydrogens is 261 g/mol. The number of ether oxygens (including phenoxy) is 2. The zero-order valence-electron chi connectivity index (χ0n) is 10.1. The van der Waals surface area contributed by atoms with Gasteiger partial charge in [0.15, 0.2) is 17.9 Å². The quantitative estimate of drug-likeness (QED) is 0.597. The van der Waals surface area contributed by atoms with Crippen molar-refractivity contribution in [3.63, 3.8) is 0 Å². The number of hydrogen-bond acceptors (Lipinski definition) is 7. The van der Waals surface area contributed by atoms with Crippen molar-refractivity contribution < 1.29 is 24.1 Å². The van der Waals surface area contributed by atoms with Gasteiger partial charge in [-0.2, -0.15) is 4.98 Å². The van der Waals surface area contributed by atoms with Gasteiger partial charge in [0, 0.05) is 7.11 Å². The summed E-state index contributed by atoms with van der Waals surface area (Å²) in [5, 5.41) is 18.9. The summed E-state index contributed by atoms with van der Waals surface area (Å²) in [7, 11) is 1.30. The molecule has 8 nitrogen and oxygen atoms in total. The monoisotopic (exact) mass is 275 g/mol. The van der Waals surface area contributed by atoms with Gasteiger partial charge in [-0.15, -0.1) is 0 Å². The highest BCUT2D eigenvalue weighted by Crippen LogP contribution is 2.30. The molecule has 0 aliphatic carbocycles. The van der Waals surface area contributed by atoms with Crippen LogP contribution < -0.4 is 11.4 Å². The van der Waals surface area contributed by atoms with Crippen molar-refractivity contribution >= 4 is 5.82 Å². The third kappa shape index (κ3) is 2.32. The number of aromatic nitrogens is 2. The first-order valence-electron chi connectivity index (χ1n) is 5.51. The van der Waals surface area contributed by atoms with Gasteiger partial charge in [0.25, 0.3) is 0 Å². The highest BCUT2D eigenvalue weighted by molar-refractivity contribution is 5.26. The van der Waals surface area contributed by atoms with Gasteiger partial charge >= 0.3 is 5.69 Å². The van der Waals surface area contributed by atoms with Crippen LogP contribution in [0.3, 0.4) is 0 Å². The Morgan fingerprint density at radius 1 is 1.68 bits per heavy atom. The molecule has 1 fully saturated rings. The topological polar surface area (TPSA) is 120 Å². The summed E-state index contributed by atoms with van der Waals surface area (Å²) in [5.41, 5.74) is 4.34. The van der Waals surface area contributed by atoms with E-state index in [9.17, 15) is 14.3 Å². The van der Waals surface area contributed by atoms with E-state index in [-0.39, 0.29) is 0 Å². The lowest BCUT2D eigenvalue weighted by molar-refractivity contribution is -0.0628. The van der Waals surface area contributed by atoms with Crippen molar-refractivity contribution in [3.05, 3.63) is 22.5 Å². The fourth-order valence-electron chi connectivity index (χ4n) is 1.99. The molecule has 9 heteroatoms. The van der Waals surface area contributed by atoms with Crippen LogP contribution in [0, 0.1) is 5.82 Å². The van der Waals surface area contributed by atoms with Crippen LogP contribution in [-0.4, -0.2) is 51.8 Å². The molecule has 0 spiro atoms. The Hall–Kier alpha value is -1.55. The lowest BCUT2D eigenvalue weighted by Crippen LogP contribution is -2.37. The minimum atomic E-state index is -1.15. The summed E-state index contributed by atoms with van der Waals surface area (Å²) in [6.07, 6.45) is -3.27. The predicted octanol–water partition coefficient (Wildman–Crippen LogP) is -1.77. The number of anilines is 1. The third-order valence-corrected chi connectivity index (χ3v) is 2.97. The molecule has 0 aromatic carbocycles. The molecule has 2 heterocycles. The second kappa shape index (κ2) is 5.21. The molecule has 1 aromatic heterocycles. The Kier molecular flexibility index (Phi) is 3.80. The molecule has 2 rings (SSSR count). The molecule has 0 radical (unpaired) electrons. The Bertz CT molecular complexity index is 522. The molecule has 4 N–H and O–H groups in total. The van der Waals surface area contributed by atoms with E-state index in [1.165, 1.54) is 7.11 Å². The van der Waals surface area contributed by atoms with Gasteiger partial charge in [-0.3, -0.25) is 4.57 Å². The second-order valence-corrected chi connectivity index (χ2v) is 4.10. The van der Waals surface area contributed by atoms with Crippen LogP contribution in [0.4, 0.5) is 10.2 Å². The van der Waals surface area contributed by atoms with E-state index in [0.29, 0.717) is 0 Å². The molecule has 4 atom stereocenters. The van der Waals surface area contributed by atoms with Gasteiger partial charge in [0.1, 0.15) is 18.3 Å². The molecule has 1 aliphatic rings. The number of methoxy groups -OCH3 is 1. The molecule has 0 bridgehead atoms. The number of nitrogens with two attached hydrogens (primary N) is 1. The van der Waals surface area contributed by atoms with Crippen LogP contribution in [0.1, 0.15) is 6.23 Å². The molecule has 2 unspecified atom stereocenters. The first-order valence-corrected chi connectivity index (χ1v) is 5.51. The van der Waals surface area contributed by atoms with Crippen LogP contribution in [-0.2, 0) is 9.47 Å². The van der Waals surface area contributed by atoms with Crippen LogP contribution in [0.5, 0.6) is 0 Å². The normalized spacial score (nSPS) is 30.7. The highest BCUT2D eigenvalue weighted by Gasteiger charge is 2.45. The Labute approximate surface area is 107 Å². The van der Waals surface area contributed by atoms with Crippen molar-refractivity contribution in [2.75, 3.05) is 19.5 Å². The summed E-state index contributed by atoms with van der Waals surface area (Å²) >= 11 is 0. The van der Waals surface area contributed by atoms with Crippen molar-refractivity contribution in [1.82, 2.24) is 9.55 Å². The maximum Gasteiger partial charge on any atom is 0.351 e. The van der Waals surface area contributed by atoms with Gasteiger partial charge in [-0.1, -0.05) is 0 Å². The molecule has 0 saturated carbocycles. The fraction of sp³-hybridized carbons (Fsp3) is 0.600. The molecule has 0 amide bonds. The Morgan fingerprint density at radius 2 is 2.37 bits per heavy atom. The van der Waals surface area contributed by atoms with E-state index < -0.39 is 48.5 Å². The van der Waals surface area contributed by atoms with E-state index in [1.54, 1.807) is 0 Å². The lowest BCUT2D eigenvalue weighted by Gasteiger charge is -2.20. The molecular formula is C10H14FN3O5. The van der Waals surface area contributed by atoms with E-state index in [1.807, 2.05) is 0 Å². The minimum Gasteiger partial charge on any atom is -0.394 e. The van der Waals surface area contributed by atoms with Gasteiger partial charge in [0.2, 0.25) is 0 Å². The highest BCUT2D eigenvalue weighted by atomic mass is 19.1. The number of hydrogen-bond donors (Lipinski definition) is 3. The second-order valence-electron chi connectivity index (χ2n) is 4.10. The van der Waals surface area contributed by atoms with E-state index in [2.05, 4.69) is 4.98 Å². The zero-order chi connectivity index (χ0) is 14.2. The van der Waals surface area contributed by atoms with Crippen LogP contribution in [0.15, 0.2) is 11.0 Å². The van der Waals surface area contributed by atoms with E-state index in [0.717, 1.165) is 10.8 Å². The van der Waals surface area contributed by atoms with Crippen LogP contribution >= 0.6 is 0 Å². The average molecular weight is 275 g/mol. The summed E-state index contributed by atoms with van der Waals surface area (Å²) in [6, 6.07) is 0. The van der Waals surface area contributed by atoms with Gasteiger partial charge < -0.3 is 25.4 Å². The molecule has 1 aromatic rings. The maximum absolute atomic E-state index is 13.4. The van der Waals surface area contributed by atoms with Gasteiger partial charge in [-0.05, 0) is 0 Å². The standard InChI is InChI=1S/C10H14FN3O5/c1-18-7-6(16)5(3-15)19-9(7)14-2-4(11)8(12)13-10(14)17/h2,5-7,9,15-16H,3H2,1H3,(H2,12,13,17)/t5-,6?,7?,9-/m0/s1. The molecule has 19 heavy (non-hydrogen) atoms. The SMILES string of the molecule is COC1C(O)[C@H](CO)O[C@@H]1n1cc(F)c(N)nc1=O. The number of aliphatic hydroxyl groups excluding tert-OH is 2. The number of aliphatic hydroxyl groups is 2. The largest absolute Gasteiger partial charge is 0.394 e. The van der Waals surface area contributed by atoms with Gasteiger partial charge in [0.05, 0.1) is 12.8 Å². The van der Waals surface area contributed by atoms with Crippen molar-refractivity contribution in [2.45, 2.75) is 24.5 Å². The Balaban J connectivity index is 2.41. The summed E-state index contributed by atoms with van der Waals surface area (Å²) in [5.74, 6) is -1.41. The summed E-state index contributed by atoms with van der Waals surface area (Å²) in [4.78, 5) is 15.0. The third-order valence-electron chi connectivity index (χ3n) is 2.97. The summed E-state index contributed by atoms with van der Waals surface area (Å²) in [6.45, 7) is -0.461. The molecule has 106 valence electrons. The number of rotatable bonds is 3. The number of nitrogens with zero attached hydrogens (tertiary/aromatic N) is 2. The van der Waals surface area contributed by atoms with Crippen molar-refractivity contribution in [3.8, 4) is 0 Å². The predicted molar refractivity (Wildman–Crippen MR) is 60.7 cm³/mol. The lowest BCUT2D eigenvalue weighted by atomic mass is 10.1. The average Bonchev–Trinajstić information content (AvgIpc) is 2.70. The summed E-state index contributed by atoms with van der Waals surface area (Å²) < 4.78 is 24.5. The minimum absolute atomic E-state index is 0.461.